The maximum absolute atomic E-state index is 13.2. The third-order valence-corrected chi connectivity index (χ3v) is 3.97. The molecule has 27 heavy (non-hydrogen) atoms. The second-order valence-electron chi connectivity index (χ2n) is 5.65. The van der Waals surface area contributed by atoms with Gasteiger partial charge in [-0.3, -0.25) is 4.79 Å². The molecule has 1 heterocycles. The van der Waals surface area contributed by atoms with Crippen LogP contribution < -0.4 is 10.9 Å². The first-order valence-corrected chi connectivity index (χ1v) is 8.15. The minimum atomic E-state index is -0.440. The van der Waals surface area contributed by atoms with Crippen molar-refractivity contribution in [2.45, 2.75) is 13.5 Å². The molecule has 3 aromatic rings. The van der Waals surface area contributed by atoms with Gasteiger partial charge in [0.15, 0.2) is 0 Å². The van der Waals surface area contributed by atoms with Crippen molar-refractivity contribution in [3.8, 4) is 23.4 Å². The summed E-state index contributed by atoms with van der Waals surface area (Å²) in [7, 11) is 0. The number of nitrogens with zero attached hydrogens (tertiary/aromatic N) is 4. The van der Waals surface area contributed by atoms with Gasteiger partial charge in [-0.25, -0.2) is 9.07 Å². The minimum absolute atomic E-state index is 0.0701. The highest BCUT2D eigenvalue weighted by Crippen LogP contribution is 2.26. The van der Waals surface area contributed by atoms with Crippen molar-refractivity contribution in [2.24, 2.45) is 0 Å². The molecule has 0 bridgehead atoms. The molecule has 0 spiro atoms. The van der Waals surface area contributed by atoms with Crippen LogP contribution in [-0.4, -0.2) is 9.78 Å². The monoisotopic (exact) mass is 359 g/mol. The van der Waals surface area contributed by atoms with E-state index in [4.69, 9.17) is 5.26 Å². The molecular formula is C20H14FN5O. The van der Waals surface area contributed by atoms with Gasteiger partial charge in [0.1, 0.15) is 28.8 Å². The molecule has 132 valence electrons. The van der Waals surface area contributed by atoms with E-state index in [1.54, 1.807) is 31.2 Å². The fraction of sp³-hybridized carbons (Fsp3) is 0.100. The molecule has 0 atom stereocenters. The largest absolute Gasteiger partial charge is 0.350 e. The van der Waals surface area contributed by atoms with E-state index < -0.39 is 11.4 Å². The summed E-state index contributed by atoms with van der Waals surface area (Å²) in [6, 6.07) is 16.1. The Labute approximate surface area is 154 Å². The molecule has 0 amide bonds. The summed E-state index contributed by atoms with van der Waals surface area (Å²) in [5.41, 5.74) is 1.56. The molecule has 7 heteroatoms. The number of nitrogens with one attached hydrogen (secondary N) is 1. The molecule has 0 aliphatic heterocycles. The number of anilines is 2. The fourth-order valence-electron chi connectivity index (χ4n) is 2.59. The van der Waals surface area contributed by atoms with Crippen molar-refractivity contribution in [2.75, 3.05) is 5.32 Å². The SMILES string of the molecule is CCn1nc(-c2ccc(F)cc2)c(C#N)c(Nc2ccc(C#N)cc2)c1=O. The summed E-state index contributed by atoms with van der Waals surface area (Å²) >= 11 is 0. The predicted octanol–water partition coefficient (Wildman–Crippen LogP) is 3.56. The van der Waals surface area contributed by atoms with Crippen molar-refractivity contribution in [3.63, 3.8) is 0 Å². The van der Waals surface area contributed by atoms with Gasteiger partial charge in [-0.1, -0.05) is 0 Å². The number of nitriles is 2. The van der Waals surface area contributed by atoms with Crippen molar-refractivity contribution >= 4 is 11.4 Å². The number of aryl methyl sites for hydroxylation is 1. The second-order valence-corrected chi connectivity index (χ2v) is 5.65. The van der Waals surface area contributed by atoms with Crippen LogP contribution in [0.25, 0.3) is 11.3 Å². The molecule has 0 saturated heterocycles. The lowest BCUT2D eigenvalue weighted by Gasteiger charge is -2.14. The average Bonchev–Trinajstić information content (AvgIpc) is 2.70. The van der Waals surface area contributed by atoms with Gasteiger partial charge in [0, 0.05) is 17.8 Å². The topological polar surface area (TPSA) is 94.5 Å². The fourth-order valence-corrected chi connectivity index (χ4v) is 2.59. The highest BCUT2D eigenvalue weighted by atomic mass is 19.1. The van der Waals surface area contributed by atoms with Gasteiger partial charge < -0.3 is 5.32 Å². The van der Waals surface area contributed by atoms with Crippen molar-refractivity contribution in [1.82, 2.24) is 9.78 Å². The summed E-state index contributed by atoms with van der Waals surface area (Å²) in [4.78, 5) is 12.7. The predicted molar refractivity (Wildman–Crippen MR) is 98.7 cm³/mol. The van der Waals surface area contributed by atoms with Crippen LogP contribution in [0.15, 0.2) is 53.3 Å². The minimum Gasteiger partial charge on any atom is -0.350 e. The molecule has 1 aromatic heterocycles. The highest BCUT2D eigenvalue weighted by molar-refractivity contribution is 5.76. The molecule has 0 unspecified atom stereocenters. The smallest absolute Gasteiger partial charge is 0.291 e. The summed E-state index contributed by atoms with van der Waals surface area (Å²) in [5.74, 6) is -0.406. The molecule has 0 radical (unpaired) electrons. The lowest BCUT2D eigenvalue weighted by atomic mass is 10.1. The lowest BCUT2D eigenvalue weighted by molar-refractivity contribution is 0.619. The van der Waals surface area contributed by atoms with Gasteiger partial charge >= 0.3 is 0 Å². The molecule has 3 rings (SSSR count). The zero-order chi connectivity index (χ0) is 19.4. The van der Waals surface area contributed by atoms with Gasteiger partial charge in [0.2, 0.25) is 0 Å². The number of aromatic nitrogens is 2. The molecule has 0 saturated carbocycles. The van der Waals surface area contributed by atoms with Gasteiger partial charge in [0.25, 0.3) is 5.56 Å². The zero-order valence-corrected chi connectivity index (χ0v) is 14.4. The third kappa shape index (κ3) is 3.53. The van der Waals surface area contributed by atoms with Gasteiger partial charge in [0.05, 0.1) is 11.6 Å². The number of rotatable bonds is 4. The van der Waals surface area contributed by atoms with Crippen molar-refractivity contribution < 1.29 is 4.39 Å². The second kappa shape index (κ2) is 7.51. The van der Waals surface area contributed by atoms with Crippen LogP contribution in [0.4, 0.5) is 15.8 Å². The summed E-state index contributed by atoms with van der Waals surface area (Å²) < 4.78 is 14.5. The maximum atomic E-state index is 13.2. The molecule has 0 aliphatic carbocycles. The Kier molecular flexibility index (Phi) is 4.96. The Bertz CT molecular complexity index is 1120. The first-order valence-electron chi connectivity index (χ1n) is 8.15. The standard InChI is InChI=1S/C20H14FN5O/c1-2-26-20(27)19(24-16-9-3-13(11-22)4-10-16)17(12-23)18(25-26)14-5-7-15(21)8-6-14/h3-10,24H,2H2,1H3. The number of halogens is 1. The quantitative estimate of drug-likeness (QED) is 0.769. The summed E-state index contributed by atoms with van der Waals surface area (Å²) in [6.07, 6.45) is 0. The Hall–Kier alpha value is -3.97. The first-order chi connectivity index (χ1) is 13.1. The molecule has 0 aliphatic rings. The van der Waals surface area contributed by atoms with E-state index in [0.29, 0.717) is 23.4 Å². The number of hydrogen-bond donors (Lipinski definition) is 1. The van der Waals surface area contributed by atoms with Crippen LogP contribution in [0.1, 0.15) is 18.1 Å². The van der Waals surface area contributed by atoms with Gasteiger partial charge in [-0.05, 0) is 55.5 Å². The lowest BCUT2D eigenvalue weighted by Crippen LogP contribution is -2.26. The van der Waals surface area contributed by atoms with Crippen LogP contribution in [0.5, 0.6) is 0 Å². The Morgan fingerprint density at radius 3 is 2.30 bits per heavy atom. The third-order valence-electron chi connectivity index (χ3n) is 3.97. The van der Waals surface area contributed by atoms with Crippen LogP contribution in [0, 0.1) is 28.5 Å². The molecule has 6 nitrogen and oxygen atoms in total. The summed E-state index contributed by atoms with van der Waals surface area (Å²) in [6.45, 7) is 2.07. The molecule has 2 aromatic carbocycles. The number of benzene rings is 2. The molecule has 1 N–H and O–H groups in total. The van der Waals surface area contributed by atoms with Gasteiger partial charge in [-0.15, -0.1) is 0 Å². The summed E-state index contributed by atoms with van der Waals surface area (Å²) in [5, 5.41) is 25.8. The van der Waals surface area contributed by atoms with Crippen LogP contribution in [-0.2, 0) is 6.54 Å². The maximum Gasteiger partial charge on any atom is 0.291 e. The number of hydrogen-bond acceptors (Lipinski definition) is 5. The van der Waals surface area contributed by atoms with Crippen molar-refractivity contribution in [3.05, 3.63) is 75.8 Å². The van der Waals surface area contributed by atoms with E-state index in [2.05, 4.69) is 10.4 Å². The first kappa shape index (κ1) is 17.8. The van der Waals surface area contributed by atoms with Gasteiger partial charge in [-0.2, -0.15) is 15.6 Å². The van der Waals surface area contributed by atoms with Crippen molar-refractivity contribution in [1.29, 1.82) is 10.5 Å². The van der Waals surface area contributed by atoms with Crippen LogP contribution >= 0.6 is 0 Å². The average molecular weight is 359 g/mol. The molecular weight excluding hydrogens is 345 g/mol. The van der Waals surface area contributed by atoms with E-state index in [1.165, 1.54) is 28.9 Å². The Morgan fingerprint density at radius 1 is 1.07 bits per heavy atom. The molecule has 0 fully saturated rings. The van der Waals surface area contributed by atoms with Crippen LogP contribution in [0.2, 0.25) is 0 Å². The highest BCUT2D eigenvalue weighted by Gasteiger charge is 2.18. The van der Waals surface area contributed by atoms with E-state index >= 15 is 0 Å². The van der Waals surface area contributed by atoms with E-state index in [9.17, 15) is 14.4 Å². The van der Waals surface area contributed by atoms with E-state index in [0.717, 1.165) is 0 Å². The van der Waals surface area contributed by atoms with Crippen LogP contribution in [0.3, 0.4) is 0 Å². The van der Waals surface area contributed by atoms with E-state index in [1.807, 2.05) is 12.1 Å². The normalized spacial score (nSPS) is 10.1. The zero-order valence-electron chi connectivity index (χ0n) is 14.4. The van der Waals surface area contributed by atoms with E-state index in [-0.39, 0.29) is 16.9 Å². The Morgan fingerprint density at radius 2 is 1.74 bits per heavy atom. The Balaban J connectivity index is 2.18.